The van der Waals surface area contributed by atoms with Crippen LogP contribution in [-0.4, -0.2) is 64.4 Å². The summed E-state index contributed by atoms with van der Waals surface area (Å²) < 4.78 is 1.60. The van der Waals surface area contributed by atoms with Gasteiger partial charge in [0.05, 0.1) is 16.4 Å². The van der Waals surface area contributed by atoms with E-state index in [0.29, 0.717) is 46.2 Å². The standard InChI is InChI=1S/C26H24ClN9O2/c1-13-23(29-34-36(13)20-9-6-16(10-19(20)27)14-2-3-14)26(38)35-21-11-17(21)12-22(35)25(37)28-18-7-4-15(5-8-18)24-30-32-33-31-24/h4-10,14,17,21-22H,2-3,11-12H2,1H3,(H,28,37)(H,30,31,32,33)/t17-,21-,22-/m0/s1. The Morgan fingerprint density at radius 3 is 2.61 bits per heavy atom. The third-order valence-corrected chi connectivity index (χ3v) is 8.05. The van der Waals surface area contributed by atoms with Crippen LogP contribution < -0.4 is 5.32 Å². The zero-order chi connectivity index (χ0) is 26.0. The van der Waals surface area contributed by atoms with E-state index in [9.17, 15) is 9.59 Å². The van der Waals surface area contributed by atoms with E-state index >= 15 is 0 Å². The van der Waals surface area contributed by atoms with Crippen molar-refractivity contribution in [2.75, 3.05) is 5.32 Å². The lowest BCUT2D eigenvalue weighted by molar-refractivity contribution is -0.120. The van der Waals surface area contributed by atoms with Crippen LogP contribution in [0.1, 0.15) is 53.3 Å². The van der Waals surface area contributed by atoms with Crippen molar-refractivity contribution in [3.05, 3.63) is 64.4 Å². The molecular formula is C26H24ClN9O2. The van der Waals surface area contributed by atoms with E-state index < -0.39 is 6.04 Å². The number of carbonyl (C=O) groups is 2. The number of halogens is 1. The van der Waals surface area contributed by atoms with Crippen LogP contribution in [0.2, 0.25) is 5.02 Å². The number of amides is 2. The highest BCUT2D eigenvalue weighted by atomic mass is 35.5. The number of H-pyrrole nitrogens is 1. The Hall–Kier alpha value is -4.12. The zero-order valence-corrected chi connectivity index (χ0v) is 21.3. The molecule has 2 amide bonds. The minimum atomic E-state index is -0.575. The Morgan fingerprint density at radius 1 is 1.08 bits per heavy atom. The Balaban J connectivity index is 1.10. The van der Waals surface area contributed by atoms with Crippen LogP contribution in [0, 0.1) is 12.8 Å². The highest BCUT2D eigenvalue weighted by molar-refractivity contribution is 6.32. The average Bonchev–Trinajstić information content (AvgIpc) is 3.76. The number of likely N-dealkylation sites (tertiary alicyclic amines) is 1. The van der Waals surface area contributed by atoms with Gasteiger partial charge in [-0.1, -0.05) is 22.9 Å². The molecule has 1 aliphatic heterocycles. The van der Waals surface area contributed by atoms with Gasteiger partial charge in [0, 0.05) is 17.3 Å². The molecule has 2 saturated carbocycles. The van der Waals surface area contributed by atoms with Crippen LogP contribution >= 0.6 is 11.6 Å². The fraction of sp³-hybridized carbons (Fsp3) is 0.346. The molecule has 11 nitrogen and oxygen atoms in total. The van der Waals surface area contributed by atoms with Gasteiger partial charge in [-0.15, -0.1) is 15.3 Å². The van der Waals surface area contributed by atoms with Crippen LogP contribution in [-0.2, 0) is 4.79 Å². The number of tetrazole rings is 1. The molecule has 2 aromatic heterocycles. The number of benzene rings is 2. The summed E-state index contributed by atoms with van der Waals surface area (Å²) >= 11 is 6.59. The number of nitrogens with zero attached hydrogens (tertiary/aromatic N) is 7. The number of hydrogen-bond donors (Lipinski definition) is 2. The maximum Gasteiger partial charge on any atom is 0.277 e. The summed E-state index contributed by atoms with van der Waals surface area (Å²) in [6, 6.07) is 12.6. The second-order valence-electron chi connectivity index (χ2n) is 10.2. The van der Waals surface area contributed by atoms with Gasteiger partial charge in [0.2, 0.25) is 11.7 Å². The molecule has 3 fully saturated rings. The van der Waals surface area contributed by atoms with Gasteiger partial charge in [0.15, 0.2) is 5.69 Å². The summed E-state index contributed by atoms with van der Waals surface area (Å²) in [6.45, 7) is 1.80. The minimum Gasteiger partial charge on any atom is -0.324 e. The molecule has 0 radical (unpaired) electrons. The lowest BCUT2D eigenvalue weighted by Crippen LogP contribution is -2.45. The molecule has 7 rings (SSSR count). The first-order valence-corrected chi connectivity index (χ1v) is 13.1. The topological polar surface area (TPSA) is 135 Å². The number of aromatic nitrogens is 7. The number of piperidine rings is 1. The highest BCUT2D eigenvalue weighted by Crippen LogP contribution is 2.48. The van der Waals surface area contributed by atoms with Crippen LogP contribution in [0.4, 0.5) is 5.69 Å². The van der Waals surface area contributed by atoms with Crippen molar-refractivity contribution in [2.24, 2.45) is 5.92 Å². The van der Waals surface area contributed by atoms with E-state index in [2.05, 4.69) is 42.3 Å². The van der Waals surface area contributed by atoms with Crippen molar-refractivity contribution in [1.29, 1.82) is 0 Å². The van der Waals surface area contributed by atoms with E-state index in [1.54, 1.807) is 40.8 Å². The lowest BCUT2D eigenvalue weighted by Gasteiger charge is -2.26. The van der Waals surface area contributed by atoms with E-state index in [1.807, 2.05) is 12.1 Å². The second kappa shape index (κ2) is 8.73. The molecule has 2 N–H and O–H groups in total. The van der Waals surface area contributed by atoms with Crippen molar-refractivity contribution in [3.8, 4) is 17.1 Å². The Morgan fingerprint density at radius 2 is 1.89 bits per heavy atom. The third kappa shape index (κ3) is 3.94. The normalized spacial score (nSPS) is 21.8. The van der Waals surface area contributed by atoms with Crippen LogP contribution in [0.25, 0.3) is 17.1 Å². The van der Waals surface area contributed by atoms with E-state index in [-0.39, 0.29) is 23.6 Å². The first-order chi connectivity index (χ1) is 18.5. The number of hydrogen-bond acceptors (Lipinski definition) is 7. The average molecular weight is 530 g/mol. The molecule has 12 heteroatoms. The Labute approximate surface area is 222 Å². The summed E-state index contributed by atoms with van der Waals surface area (Å²) in [6.07, 6.45) is 3.91. The quantitative estimate of drug-likeness (QED) is 0.390. The molecule has 0 spiro atoms. The number of fused-ring (bicyclic) bond motifs is 1. The predicted molar refractivity (Wildman–Crippen MR) is 138 cm³/mol. The Kier molecular flexibility index (Phi) is 5.29. The molecule has 3 aliphatic rings. The van der Waals surface area contributed by atoms with Gasteiger partial charge in [-0.3, -0.25) is 9.59 Å². The molecular weight excluding hydrogens is 506 g/mol. The Bertz CT molecular complexity index is 1550. The largest absolute Gasteiger partial charge is 0.324 e. The second-order valence-corrected chi connectivity index (χ2v) is 10.7. The van der Waals surface area contributed by atoms with Crippen molar-refractivity contribution in [2.45, 2.75) is 50.6 Å². The van der Waals surface area contributed by atoms with Crippen LogP contribution in [0.3, 0.4) is 0 Å². The number of aromatic amines is 1. The highest BCUT2D eigenvalue weighted by Gasteiger charge is 2.56. The van der Waals surface area contributed by atoms with Gasteiger partial charge in [-0.2, -0.15) is 5.21 Å². The predicted octanol–water partition coefficient (Wildman–Crippen LogP) is 3.53. The molecule has 3 atom stereocenters. The molecule has 2 aliphatic carbocycles. The number of rotatable bonds is 6. The van der Waals surface area contributed by atoms with E-state index in [0.717, 1.165) is 12.0 Å². The number of anilines is 1. The molecule has 192 valence electrons. The summed E-state index contributed by atoms with van der Waals surface area (Å²) in [5, 5.41) is 25.9. The van der Waals surface area contributed by atoms with E-state index in [1.165, 1.54) is 18.4 Å². The van der Waals surface area contributed by atoms with Crippen molar-refractivity contribution in [1.82, 2.24) is 40.5 Å². The van der Waals surface area contributed by atoms with Crippen molar-refractivity contribution >= 4 is 29.1 Å². The molecule has 0 unspecified atom stereocenters. The van der Waals surface area contributed by atoms with E-state index in [4.69, 9.17) is 11.6 Å². The molecule has 38 heavy (non-hydrogen) atoms. The molecule has 2 aromatic carbocycles. The molecule has 0 bridgehead atoms. The number of carbonyl (C=O) groups excluding carboxylic acids is 2. The molecule has 4 aromatic rings. The van der Waals surface area contributed by atoms with Gasteiger partial charge in [-0.05, 0) is 91.6 Å². The van der Waals surface area contributed by atoms with Crippen LogP contribution in [0.15, 0.2) is 42.5 Å². The van der Waals surface area contributed by atoms with Crippen molar-refractivity contribution < 1.29 is 9.59 Å². The van der Waals surface area contributed by atoms with Crippen LogP contribution in [0.5, 0.6) is 0 Å². The SMILES string of the molecule is Cc1c(C(=O)N2[C@H](C(=O)Nc3ccc(-c4nn[nH]n4)cc3)C[C@@H]3C[C@@H]32)nnn1-c1ccc(C2CC2)cc1Cl. The van der Waals surface area contributed by atoms with Gasteiger partial charge < -0.3 is 10.2 Å². The minimum absolute atomic E-state index is 0.0461. The zero-order valence-electron chi connectivity index (χ0n) is 20.5. The summed E-state index contributed by atoms with van der Waals surface area (Å²) in [5.74, 6) is 0.886. The smallest absolute Gasteiger partial charge is 0.277 e. The van der Waals surface area contributed by atoms with Gasteiger partial charge in [-0.25, -0.2) is 4.68 Å². The first kappa shape index (κ1) is 23.0. The third-order valence-electron chi connectivity index (χ3n) is 7.74. The lowest BCUT2D eigenvalue weighted by atomic mass is 10.1. The summed E-state index contributed by atoms with van der Waals surface area (Å²) in [7, 11) is 0. The molecule has 1 saturated heterocycles. The van der Waals surface area contributed by atoms with Gasteiger partial charge >= 0.3 is 0 Å². The summed E-state index contributed by atoms with van der Waals surface area (Å²) in [5.41, 5.74) is 4.14. The summed E-state index contributed by atoms with van der Waals surface area (Å²) in [4.78, 5) is 28.7. The maximum atomic E-state index is 13.7. The first-order valence-electron chi connectivity index (χ1n) is 12.7. The fourth-order valence-corrected chi connectivity index (χ4v) is 5.71. The monoisotopic (exact) mass is 529 g/mol. The van der Waals surface area contributed by atoms with Gasteiger partial charge in [0.25, 0.3) is 5.91 Å². The van der Waals surface area contributed by atoms with Gasteiger partial charge in [0.1, 0.15) is 6.04 Å². The maximum absolute atomic E-state index is 13.7. The fourth-order valence-electron chi connectivity index (χ4n) is 5.44. The van der Waals surface area contributed by atoms with Crippen molar-refractivity contribution in [3.63, 3.8) is 0 Å². The molecule has 3 heterocycles. The number of nitrogens with one attached hydrogen (secondary N) is 2.